The first-order chi connectivity index (χ1) is 13.5. The highest BCUT2D eigenvalue weighted by Gasteiger charge is 2.07. The Hall–Kier alpha value is -2.91. The lowest BCUT2D eigenvalue weighted by Gasteiger charge is -2.10. The molecular weight excluding hydrogens is 442 g/mol. The molecule has 0 bridgehead atoms. The molecule has 7 nitrogen and oxygen atoms in total. The lowest BCUT2D eigenvalue weighted by atomic mass is 10.2. The molecule has 0 aliphatic heterocycles. The molecule has 0 aliphatic rings. The summed E-state index contributed by atoms with van der Waals surface area (Å²) >= 11 is 4.78. The minimum Gasteiger partial charge on any atom is -0.483 e. The Morgan fingerprint density at radius 3 is 2.82 bits per heavy atom. The van der Waals surface area contributed by atoms with Gasteiger partial charge in [0.05, 0.1) is 6.21 Å². The van der Waals surface area contributed by atoms with Gasteiger partial charge in [0.25, 0.3) is 5.91 Å². The van der Waals surface area contributed by atoms with E-state index in [1.54, 1.807) is 17.7 Å². The Bertz CT molecular complexity index is 988. The normalized spacial score (nSPS) is 10.8. The minimum atomic E-state index is -0.244. The van der Waals surface area contributed by atoms with Gasteiger partial charge in [0.2, 0.25) is 5.13 Å². The number of rotatable bonds is 7. The molecule has 9 heteroatoms. The van der Waals surface area contributed by atoms with E-state index in [2.05, 4.69) is 36.8 Å². The SMILES string of the molecule is Cc1ccc(NC(=O)COc2ccc(Br)cc2C=NNc2nc(N)cs2)cc1. The summed E-state index contributed by atoms with van der Waals surface area (Å²) in [5.74, 6) is 0.728. The fourth-order valence-corrected chi connectivity index (χ4v) is 3.15. The summed E-state index contributed by atoms with van der Waals surface area (Å²) in [5, 5.41) is 9.25. The standard InChI is InChI=1S/C19H18BrN5O2S/c1-12-2-5-15(6-3-12)23-18(26)10-27-16-7-4-14(20)8-13(16)9-22-25-19-24-17(21)11-28-19/h2-9,11H,10,21H2,1H3,(H,23,26)(H,24,25). The maximum Gasteiger partial charge on any atom is 0.262 e. The summed E-state index contributed by atoms with van der Waals surface area (Å²) in [4.78, 5) is 16.2. The van der Waals surface area contributed by atoms with E-state index in [1.807, 2.05) is 43.3 Å². The van der Waals surface area contributed by atoms with Crippen LogP contribution in [-0.2, 0) is 4.79 Å². The molecule has 1 heterocycles. The molecule has 0 unspecified atom stereocenters. The van der Waals surface area contributed by atoms with Crippen LogP contribution in [0.2, 0.25) is 0 Å². The van der Waals surface area contributed by atoms with Crippen LogP contribution in [-0.4, -0.2) is 23.7 Å². The molecule has 1 amide bonds. The molecule has 3 aromatic rings. The number of ether oxygens (including phenoxy) is 1. The van der Waals surface area contributed by atoms with Crippen molar-refractivity contribution in [1.82, 2.24) is 4.98 Å². The Balaban J connectivity index is 1.61. The summed E-state index contributed by atoms with van der Waals surface area (Å²) in [7, 11) is 0. The molecule has 144 valence electrons. The number of hydrogen-bond donors (Lipinski definition) is 3. The Morgan fingerprint density at radius 1 is 1.32 bits per heavy atom. The number of hydrazone groups is 1. The number of halogens is 1. The molecule has 0 fully saturated rings. The van der Waals surface area contributed by atoms with Crippen LogP contribution in [0.25, 0.3) is 0 Å². The van der Waals surface area contributed by atoms with E-state index in [0.29, 0.717) is 22.3 Å². The highest BCUT2D eigenvalue weighted by atomic mass is 79.9. The van der Waals surface area contributed by atoms with E-state index in [0.717, 1.165) is 15.7 Å². The Kier molecular flexibility index (Phi) is 6.62. The van der Waals surface area contributed by atoms with E-state index in [9.17, 15) is 4.79 Å². The zero-order valence-corrected chi connectivity index (χ0v) is 17.4. The molecule has 0 atom stereocenters. The van der Waals surface area contributed by atoms with Gasteiger partial charge in [-0.15, -0.1) is 11.3 Å². The molecule has 0 radical (unpaired) electrons. The second-order valence-electron chi connectivity index (χ2n) is 5.83. The molecule has 0 saturated carbocycles. The van der Waals surface area contributed by atoms with E-state index in [4.69, 9.17) is 10.5 Å². The van der Waals surface area contributed by atoms with E-state index >= 15 is 0 Å². The largest absolute Gasteiger partial charge is 0.483 e. The zero-order chi connectivity index (χ0) is 19.9. The molecule has 28 heavy (non-hydrogen) atoms. The van der Waals surface area contributed by atoms with Crippen LogP contribution in [0.4, 0.5) is 16.6 Å². The Labute approximate surface area is 174 Å². The highest BCUT2D eigenvalue weighted by Crippen LogP contribution is 2.22. The number of carbonyl (C=O) groups excluding carboxylic acids is 1. The third-order valence-electron chi connectivity index (χ3n) is 3.55. The monoisotopic (exact) mass is 459 g/mol. The molecule has 0 spiro atoms. The van der Waals surface area contributed by atoms with Gasteiger partial charge in [0.1, 0.15) is 11.6 Å². The second-order valence-corrected chi connectivity index (χ2v) is 7.61. The van der Waals surface area contributed by atoms with Gasteiger partial charge >= 0.3 is 0 Å². The van der Waals surface area contributed by atoms with Crippen LogP contribution in [0, 0.1) is 6.92 Å². The van der Waals surface area contributed by atoms with Crippen molar-refractivity contribution in [2.45, 2.75) is 6.92 Å². The number of nitrogens with one attached hydrogen (secondary N) is 2. The van der Waals surface area contributed by atoms with Gasteiger partial charge < -0.3 is 15.8 Å². The summed E-state index contributed by atoms with van der Waals surface area (Å²) in [6, 6.07) is 13.0. The van der Waals surface area contributed by atoms with E-state index in [-0.39, 0.29) is 12.5 Å². The first kappa shape index (κ1) is 19.8. The maximum atomic E-state index is 12.1. The number of anilines is 3. The summed E-state index contributed by atoms with van der Waals surface area (Å²) < 4.78 is 6.54. The molecule has 1 aromatic heterocycles. The van der Waals surface area contributed by atoms with Gasteiger partial charge in [0, 0.05) is 21.1 Å². The fraction of sp³-hybridized carbons (Fsp3) is 0.105. The van der Waals surface area contributed by atoms with Crippen molar-refractivity contribution >= 4 is 56.0 Å². The van der Waals surface area contributed by atoms with Gasteiger partial charge in [-0.25, -0.2) is 4.98 Å². The van der Waals surface area contributed by atoms with Crippen molar-refractivity contribution < 1.29 is 9.53 Å². The van der Waals surface area contributed by atoms with Crippen LogP contribution in [0.1, 0.15) is 11.1 Å². The summed E-state index contributed by atoms with van der Waals surface area (Å²) in [6.45, 7) is 1.87. The average molecular weight is 460 g/mol. The lowest BCUT2D eigenvalue weighted by molar-refractivity contribution is -0.118. The topological polar surface area (TPSA) is 102 Å². The molecule has 4 N–H and O–H groups in total. The van der Waals surface area contributed by atoms with Crippen molar-refractivity contribution in [3.63, 3.8) is 0 Å². The average Bonchev–Trinajstić information content (AvgIpc) is 3.08. The number of nitrogen functional groups attached to an aromatic ring is 1. The number of nitrogens with two attached hydrogens (primary N) is 1. The smallest absolute Gasteiger partial charge is 0.262 e. The summed E-state index contributed by atoms with van der Waals surface area (Å²) in [6.07, 6.45) is 1.59. The molecular formula is C19H18BrN5O2S. The first-order valence-corrected chi connectivity index (χ1v) is 9.96. The number of thiazole rings is 1. The quantitative estimate of drug-likeness (QED) is 0.361. The van der Waals surface area contributed by atoms with Gasteiger partial charge in [-0.1, -0.05) is 33.6 Å². The fourth-order valence-electron chi connectivity index (χ4n) is 2.22. The number of nitrogens with zero attached hydrogens (tertiary/aromatic N) is 2. The van der Waals surface area contributed by atoms with Gasteiger partial charge in [-0.3, -0.25) is 10.2 Å². The third-order valence-corrected chi connectivity index (χ3v) is 4.81. The van der Waals surface area contributed by atoms with Crippen molar-refractivity contribution in [3.8, 4) is 5.75 Å². The molecule has 0 aliphatic carbocycles. The van der Waals surface area contributed by atoms with Crippen LogP contribution in [0.15, 0.2) is 57.4 Å². The first-order valence-electron chi connectivity index (χ1n) is 8.28. The predicted molar refractivity (Wildman–Crippen MR) is 117 cm³/mol. The number of carbonyl (C=O) groups is 1. The third kappa shape index (κ3) is 5.80. The number of aromatic nitrogens is 1. The zero-order valence-electron chi connectivity index (χ0n) is 15.0. The number of amides is 1. The number of hydrogen-bond acceptors (Lipinski definition) is 7. The van der Waals surface area contributed by atoms with Crippen LogP contribution in [0.3, 0.4) is 0 Å². The van der Waals surface area contributed by atoms with Gasteiger partial charge in [0.15, 0.2) is 6.61 Å². The van der Waals surface area contributed by atoms with E-state index in [1.165, 1.54) is 11.3 Å². The van der Waals surface area contributed by atoms with Crippen molar-refractivity contribution in [2.75, 3.05) is 23.1 Å². The molecule has 0 saturated heterocycles. The predicted octanol–water partition coefficient (Wildman–Crippen LogP) is 4.26. The number of aryl methyl sites for hydroxylation is 1. The van der Waals surface area contributed by atoms with Gasteiger partial charge in [-0.05, 0) is 37.3 Å². The second kappa shape index (κ2) is 9.34. The lowest BCUT2D eigenvalue weighted by Crippen LogP contribution is -2.20. The van der Waals surface area contributed by atoms with Crippen LogP contribution >= 0.6 is 27.3 Å². The maximum absolute atomic E-state index is 12.1. The van der Waals surface area contributed by atoms with Crippen molar-refractivity contribution in [2.24, 2.45) is 5.10 Å². The number of benzene rings is 2. The minimum absolute atomic E-state index is 0.118. The van der Waals surface area contributed by atoms with E-state index < -0.39 is 0 Å². The molecule has 3 rings (SSSR count). The van der Waals surface area contributed by atoms with Crippen molar-refractivity contribution in [3.05, 3.63) is 63.4 Å². The van der Waals surface area contributed by atoms with Crippen LogP contribution < -0.4 is 21.2 Å². The van der Waals surface area contributed by atoms with Gasteiger partial charge in [-0.2, -0.15) is 5.10 Å². The Morgan fingerprint density at radius 2 is 2.11 bits per heavy atom. The van der Waals surface area contributed by atoms with Crippen LogP contribution in [0.5, 0.6) is 5.75 Å². The summed E-state index contributed by atoms with van der Waals surface area (Å²) in [5.41, 5.74) is 10.9. The van der Waals surface area contributed by atoms with Crippen molar-refractivity contribution in [1.29, 1.82) is 0 Å². The molecule has 2 aromatic carbocycles. The highest BCUT2D eigenvalue weighted by molar-refractivity contribution is 9.10.